The summed E-state index contributed by atoms with van der Waals surface area (Å²) in [4.78, 5) is 15.8. The molecule has 3 aromatic carbocycles. The summed E-state index contributed by atoms with van der Waals surface area (Å²) < 4.78 is 6.14. The number of ether oxygens (including phenoxy) is 1. The van der Waals surface area contributed by atoms with Crippen molar-refractivity contribution < 1.29 is 9.53 Å². The maximum atomic E-state index is 11.4. The van der Waals surface area contributed by atoms with Crippen LogP contribution in [0.25, 0.3) is 11.1 Å². The van der Waals surface area contributed by atoms with E-state index in [4.69, 9.17) is 4.74 Å². The van der Waals surface area contributed by atoms with Gasteiger partial charge in [0.05, 0.1) is 5.84 Å². The number of nitrogens with one attached hydrogen (secondary N) is 1. The molecule has 0 atom stereocenters. The first-order valence-corrected chi connectivity index (χ1v) is 10.2. The lowest BCUT2D eigenvalue weighted by atomic mass is 10.0. The third-order valence-electron chi connectivity index (χ3n) is 4.94. The smallest absolute Gasteiger partial charge is 0.159 e. The summed E-state index contributed by atoms with van der Waals surface area (Å²) in [6, 6.07) is 19.8. The van der Waals surface area contributed by atoms with E-state index in [0.717, 1.165) is 57.4 Å². The number of nitrogens with zero attached hydrogens (tertiary/aromatic N) is 1. The van der Waals surface area contributed by atoms with Crippen molar-refractivity contribution >= 4 is 17.3 Å². The zero-order valence-electron chi connectivity index (χ0n) is 18.2. The largest absolute Gasteiger partial charge is 0.457 e. The van der Waals surface area contributed by atoms with Crippen molar-refractivity contribution in [2.24, 2.45) is 4.99 Å². The lowest BCUT2D eigenvalue weighted by Crippen LogP contribution is -2.09. The number of ketones is 1. The Morgan fingerprint density at radius 1 is 0.900 bits per heavy atom. The van der Waals surface area contributed by atoms with Gasteiger partial charge in [-0.2, -0.15) is 0 Å². The first-order chi connectivity index (χ1) is 14.4. The lowest BCUT2D eigenvalue weighted by Gasteiger charge is -2.15. The van der Waals surface area contributed by atoms with E-state index in [1.807, 2.05) is 75.4 Å². The minimum atomic E-state index is 0.0741. The summed E-state index contributed by atoms with van der Waals surface area (Å²) in [6.07, 6.45) is 0. The average molecular weight is 401 g/mol. The molecule has 0 radical (unpaired) electrons. The molecule has 3 rings (SSSR count). The van der Waals surface area contributed by atoms with Gasteiger partial charge in [0.15, 0.2) is 5.78 Å². The van der Waals surface area contributed by atoms with Crippen molar-refractivity contribution in [1.29, 1.82) is 0 Å². The van der Waals surface area contributed by atoms with Gasteiger partial charge in [0, 0.05) is 17.8 Å². The van der Waals surface area contributed by atoms with E-state index in [0.29, 0.717) is 0 Å². The van der Waals surface area contributed by atoms with Crippen molar-refractivity contribution in [1.82, 2.24) is 0 Å². The normalized spacial score (nSPS) is 11.3. The third kappa shape index (κ3) is 5.15. The van der Waals surface area contributed by atoms with Crippen LogP contribution in [0.4, 0.5) is 5.69 Å². The SMILES string of the molecule is CCN=C(C)Nc1cc(C)c(Oc2ccc(-c3ccc(C(C)=O)cc3)cc2)cc1C. The molecule has 4 heteroatoms. The number of aliphatic imine (C=N–C) groups is 1. The van der Waals surface area contributed by atoms with Gasteiger partial charge < -0.3 is 10.1 Å². The van der Waals surface area contributed by atoms with E-state index in [1.165, 1.54) is 0 Å². The number of amidine groups is 1. The van der Waals surface area contributed by atoms with Gasteiger partial charge in [-0.1, -0.05) is 36.4 Å². The second-order valence-corrected chi connectivity index (χ2v) is 7.38. The first kappa shape index (κ1) is 21.3. The topological polar surface area (TPSA) is 50.7 Å². The number of hydrogen-bond donors (Lipinski definition) is 1. The number of aryl methyl sites for hydroxylation is 2. The Morgan fingerprint density at radius 2 is 1.50 bits per heavy atom. The summed E-state index contributed by atoms with van der Waals surface area (Å²) in [6.45, 7) is 10.4. The highest BCUT2D eigenvalue weighted by Gasteiger charge is 2.08. The molecule has 0 aliphatic heterocycles. The molecule has 0 heterocycles. The van der Waals surface area contributed by atoms with E-state index in [9.17, 15) is 4.79 Å². The number of carbonyl (C=O) groups is 1. The highest BCUT2D eigenvalue weighted by Crippen LogP contribution is 2.31. The Labute approximate surface area is 178 Å². The van der Waals surface area contributed by atoms with Gasteiger partial charge in [-0.05, 0) is 81.1 Å². The molecule has 0 unspecified atom stereocenters. The summed E-state index contributed by atoms with van der Waals surface area (Å²) in [5.74, 6) is 2.60. The monoisotopic (exact) mass is 400 g/mol. The molecular weight excluding hydrogens is 372 g/mol. The molecule has 3 aromatic rings. The average Bonchev–Trinajstić information content (AvgIpc) is 2.72. The van der Waals surface area contributed by atoms with E-state index in [2.05, 4.69) is 23.3 Å². The van der Waals surface area contributed by atoms with Gasteiger partial charge >= 0.3 is 0 Å². The van der Waals surface area contributed by atoms with Gasteiger partial charge in [0.2, 0.25) is 0 Å². The van der Waals surface area contributed by atoms with Crippen molar-refractivity contribution in [3.05, 3.63) is 77.4 Å². The second-order valence-electron chi connectivity index (χ2n) is 7.38. The molecule has 0 bridgehead atoms. The van der Waals surface area contributed by atoms with Crippen LogP contribution in [0.3, 0.4) is 0 Å². The highest BCUT2D eigenvalue weighted by atomic mass is 16.5. The molecular formula is C26H28N2O2. The number of hydrogen-bond acceptors (Lipinski definition) is 3. The Balaban J connectivity index is 1.76. The number of anilines is 1. The molecule has 0 spiro atoms. The molecule has 0 fully saturated rings. The summed E-state index contributed by atoms with van der Waals surface area (Å²) in [5, 5.41) is 3.35. The van der Waals surface area contributed by atoms with Crippen molar-refractivity contribution in [3.63, 3.8) is 0 Å². The maximum Gasteiger partial charge on any atom is 0.159 e. The molecule has 1 N–H and O–H groups in total. The molecule has 0 saturated heterocycles. The van der Waals surface area contributed by atoms with Crippen LogP contribution < -0.4 is 10.1 Å². The summed E-state index contributed by atoms with van der Waals surface area (Å²) >= 11 is 0. The van der Waals surface area contributed by atoms with E-state index >= 15 is 0 Å². The molecule has 0 aliphatic rings. The van der Waals surface area contributed by atoms with Crippen LogP contribution in [0.5, 0.6) is 11.5 Å². The zero-order chi connectivity index (χ0) is 21.7. The minimum Gasteiger partial charge on any atom is -0.457 e. The number of carbonyl (C=O) groups excluding carboxylic acids is 1. The van der Waals surface area contributed by atoms with Crippen LogP contribution in [-0.4, -0.2) is 18.2 Å². The van der Waals surface area contributed by atoms with Crippen molar-refractivity contribution in [3.8, 4) is 22.6 Å². The standard InChI is InChI=1S/C26H28N2O2/c1-6-27-20(5)28-25-15-18(3)26(16-17(25)2)30-24-13-11-23(12-14-24)22-9-7-21(8-10-22)19(4)29/h7-16H,6H2,1-5H3,(H,27,28). The fourth-order valence-electron chi connectivity index (χ4n) is 3.25. The first-order valence-electron chi connectivity index (χ1n) is 10.2. The number of Topliss-reactive ketones (excluding diaryl/α,β-unsaturated/α-hetero) is 1. The fraction of sp³-hybridized carbons (Fsp3) is 0.231. The molecule has 0 saturated carbocycles. The zero-order valence-corrected chi connectivity index (χ0v) is 18.2. The van der Waals surface area contributed by atoms with E-state index < -0.39 is 0 Å². The minimum absolute atomic E-state index is 0.0741. The van der Waals surface area contributed by atoms with Crippen LogP contribution in [-0.2, 0) is 0 Å². The fourth-order valence-corrected chi connectivity index (χ4v) is 3.25. The third-order valence-corrected chi connectivity index (χ3v) is 4.94. The Bertz CT molecular complexity index is 1070. The van der Waals surface area contributed by atoms with Gasteiger partial charge in [0.25, 0.3) is 0 Å². The van der Waals surface area contributed by atoms with E-state index in [1.54, 1.807) is 6.92 Å². The number of rotatable bonds is 6. The Morgan fingerprint density at radius 3 is 2.07 bits per heavy atom. The molecule has 0 aliphatic carbocycles. The van der Waals surface area contributed by atoms with Gasteiger partial charge in [-0.25, -0.2) is 0 Å². The number of benzene rings is 3. The Hall–Kier alpha value is -3.40. The van der Waals surface area contributed by atoms with Crippen LogP contribution in [0, 0.1) is 13.8 Å². The van der Waals surface area contributed by atoms with Crippen LogP contribution in [0.1, 0.15) is 42.3 Å². The summed E-state index contributed by atoms with van der Waals surface area (Å²) in [7, 11) is 0. The molecule has 4 nitrogen and oxygen atoms in total. The van der Waals surface area contributed by atoms with Crippen LogP contribution in [0.2, 0.25) is 0 Å². The van der Waals surface area contributed by atoms with Gasteiger partial charge in [-0.15, -0.1) is 0 Å². The van der Waals surface area contributed by atoms with Crippen molar-refractivity contribution in [2.75, 3.05) is 11.9 Å². The second kappa shape index (κ2) is 9.40. The summed E-state index contributed by atoms with van der Waals surface area (Å²) in [5.41, 5.74) is 6.06. The molecule has 154 valence electrons. The highest BCUT2D eigenvalue weighted by molar-refractivity contribution is 5.95. The molecule has 0 amide bonds. The predicted molar refractivity (Wildman–Crippen MR) is 125 cm³/mol. The molecule has 0 aromatic heterocycles. The molecule has 30 heavy (non-hydrogen) atoms. The van der Waals surface area contributed by atoms with Crippen LogP contribution in [0.15, 0.2) is 65.7 Å². The predicted octanol–water partition coefficient (Wildman–Crippen LogP) is 6.82. The van der Waals surface area contributed by atoms with E-state index in [-0.39, 0.29) is 5.78 Å². The quantitative estimate of drug-likeness (QED) is 0.281. The van der Waals surface area contributed by atoms with Crippen LogP contribution >= 0.6 is 0 Å². The van der Waals surface area contributed by atoms with Gasteiger partial charge in [-0.3, -0.25) is 9.79 Å². The Kier molecular flexibility index (Phi) is 6.68. The van der Waals surface area contributed by atoms with Gasteiger partial charge in [0.1, 0.15) is 11.5 Å². The maximum absolute atomic E-state index is 11.4. The van der Waals surface area contributed by atoms with Crippen molar-refractivity contribution in [2.45, 2.75) is 34.6 Å². The lowest BCUT2D eigenvalue weighted by molar-refractivity contribution is 0.101.